The number of hydrogen-bond acceptors (Lipinski definition) is 3. The van der Waals surface area contributed by atoms with Crippen LogP contribution in [0.1, 0.15) is 41.0 Å². The van der Waals surface area contributed by atoms with Crippen molar-refractivity contribution in [2.75, 3.05) is 0 Å². The molecule has 102 valence electrons. The van der Waals surface area contributed by atoms with Gasteiger partial charge in [0.05, 0.1) is 5.41 Å². The van der Waals surface area contributed by atoms with E-state index in [0.29, 0.717) is 6.42 Å². The number of ether oxygens (including phenoxy) is 1. The van der Waals surface area contributed by atoms with Crippen LogP contribution in [0.5, 0.6) is 0 Å². The summed E-state index contributed by atoms with van der Waals surface area (Å²) in [7, 11) is 0. The fourth-order valence-corrected chi connectivity index (χ4v) is 1.80. The average molecular weight is 252 g/mol. The van der Waals surface area contributed by atoms with Crippen LogP contribution in [0.25, 0.3) is 0 Å². The van der Waals surface area contributed by atoms with E-state index in [0.717, 1.165) is 5.57 Å². The third-order valence-corrected chi connectivity index (χ3v) is 3.28. The second kappa shape index (κ2) is 4.88. The topological polar surface area (TPSA) is 46.5 Å². The van der Waals surface area contributed by atoms with Crippen LogP contribution in [-0.2, 0) is 9.53 Å². The van der Waals surface area contributed by atoms with E-state index in [1.165, 1.54) is 0 Å². The van der Waals surface area contributed by atoms with Gasteiger partial charge in [0.25, 0.3) is 0 Å². The lowest BCUT2D eigenvalue weighted by Gasteiger charge is -2.37. The second-order valence-electron chi connectivity index (χ2n) is 6.42. The molecular weight excluding hydrogens is 228 g/mol. The highest BCUT2D eigenvalue weighted by Gasteiger charge is 2.39. The lowest BCUT2D eigenvalue weighted by Crippen LogP contribution is -2.46. The van der Waals surface area contributed by atoms with Gasteiger partial charge in [-0.05, 0) is 41.0 Å². The molecule has 0 aliphatic heterocycles. The molecule has 0 aromatic carbocycles. The Morgan fingerprint density at radius 2 is 2.06 bits per heavy atom. The maximum atomic E-state index is 11.9. The third kappa shape index (κ3) is 3.45. The first-order chi connectivity index (χ1) is 8.04. The minimum absolute atomic E-state index is 0.156. The zero-order chi connectivity index (χ0) is 14.1. The minimum atomic E-state index is -1.10. The summed E-state index contributed by atoms with van der Waals surface area (Å²) in [5, 5.41) is 10.3. The Kier molecular flexibility index (Phi) is 4.06. The summed E-state index contributed by atoms with van der Waals surface area (Å²) in [6.45, 7) is 12.9. The van der Waals surface area contributed by atoms with Crippen molar-refractivity contribution in [1.29, 1.82) is 0 Å². The van der Waals surface area contributed by atoms with Gasteiger partial charge in [-0.1, -0.05) is 24.3 Å². The molecule has 1 rings (SSSR count). The van der Waals surface area contributed by atoms with Crippen molar-refractivity contribution in [3.8, 4) is 0 Å². The molecule has 3 nitrogen and oxygen atoms in total. The number of aliphatic hydroxyl groups is 1. The third-order valence-electron chi connectivity index (χ3n) is 3.28. The molecule has 1 aliphatic rings. The predicted molar refractivity (Wildman–Crippen MR) is 72.0 cm³/mol. The van der Waals surface area contributed by atoms with Gasteiger partial charge in [0.2, 0.25) is 0 Å². The summed E-state index contributed by atoms with van der Waals surface area (Å²) in [6.07, 6.45) is 3.71. The Bertz CT molecular complexity index is 372. The Balaban J connectivity index is 2.84. The van der Waals surface area contributed by atoms with Crippen molar-refractivity contribution in [2.45, 2.75) is 52.7 Å². The first kappa shape index (κ1) is 15.0. The van der Waals surface area contributed by atoms with Crippen LogP contribution in [0.15, 0.2) is 24.3 Å². The van der Waals surface area contributed by atoms with Crippen molar-refractivity contribution in [3.63, 3.8) is 0 Å². The van der Waals surface area contributed by atoms with Crippen LogP contribution >= 0.6 is 0 Å². The van der Waals surface area contributed by atoms with Crippen molar-refractivity contribution in [1.82, 2.24) is 0 Å². The van der Waals surface area contributed by atoms with Gasteiger partial charge < -0.3 is 9.84 Å². The molecule has 0 spiro atoms. The van der Waals surface area contributed by atoms with Gasteiger partial charge in [-0.25, -0.2) is 0 Å². The Hall–Kier alpha value is -1.09. The largest absolute Gasteiger partial charge is 0.459 e. The molecule has 0 heterocycles. The minimum Gasteiger partial charge on any atom is -0.459 e. The van der Waals surface area contributed by atoms with Crippen LogP contribution in [-0.4, -0.2) is 22.8 Å². The maximum Gasteiger partial charge on any atom is 0.311 e. The molecule has 0 saturated heterocycles. The molecule has 3 heteroatoms. The summed E-state index contributed by atoms with van der Waals surface area (Å²) in [5.41, 5.74) is -0.651. The highest BCUT2D eigenvalue weighted by atomic mass is 16.6. The van der Waals surface area contributed by atoms with Crippen molar-refractivity contribution >= 4 is 5.97 Å². The summed E-state index contributed by atoms with van der Waals surface area (Å²) >= 11 is 0. The fourth-order valence-electron chi connectivity index (χ4n) is 1.80. The molecule has 1 N–H and O–H groups in total. The van der Waals surface area contributed by atoms with E-state index in [1.807, 2.05) is 13.0 Å². The standard InChI is InChI=1S/C15H24O3/c1-10(2)11-7-8-15(6,17)12(9-11)18-13(16)14(3,4)5/h7-8,11-12,17H,1,9H2,2-6H3/t11-,12+,15?/m0/s1. The monoisotopic (exact) mass is 252 g/mol. The molecular formula is C15H24O3. The SMILES string of the molecule is C=C(C)[C@H]1C=CC(C)(O)[C@H](OC(=O)C(C)(C)C)C1. The Morgan fingerprint density at radius 3 is 2.50 bits per heavy atom. The number of esters is 1. The van der Waals surface area contributed by atoms with Crippen molar-refractivity contribution in [3.05, 3.63) is 24.3 Å². The Labute approximate surface area is 110 Å². The van der Waals surface area contributed by atoms with Gasteiger partial charge in [0, 0.05) is 5.92 Å². The Morgan fingerprint density at radius 1 is 1.50 bits per heavy atom. The van der Waals surface area contributed by atoms with Gasteiger partial charge in [-0.3, -0.25) is 4.79 Å². The number of hydrogen-bond donors (Lipinski definition) is 1. The average Bonchev–Trinajstić information content (AvgIpc) is 2.18. The first-order valence-corrected chi connectivity index (χ1v) is 6.32. The van der Waals surface area contributed by atoms with Crippen molar-refractivity contribution < 1.29 is 14.6 Å². The van der Waals surface area contributed by atoms with E-state index < -0.39 is 17.1 Å². The number of carbonyl (C=O) groups is 1. The lowest BCUT2D eigenvalue weighted by molar-refractivity contribution is -0.170. The van der Waals surface area contributed by atoms with E-state index in [2.05, 4.69) is 6.58 Å². The number of allylic oxidation sites excluding steroid dienone is 2. The summed E-state index contributed by atoms with van der Waals surface area (Å²) in [5.74, 6) is -0.133. The fraction of sp³-hybridized carbons (Fsp3) is 0.667. The maximum absolute atomic E-state index is 11.9. The highest BCUT2D eigenvalue weighted by molar-refractivity contribution is 5.75. The van der Waals surface area contributed by atoms with Crippen LogP contribution in [0.3, 0.4) is 0 Å². The number of rotatable bonds is 2. The molecule has 0 amide bonds. The summed E-state index contributed by atoms with van der Waals surface area (Å²) in [4.78, 5) is 11.9. The first-order valence-electron chi connectivity index (χ1n) is 6.32. The van der Waals surface area contributed by atoms with Crippen molar-refractivity contribution in [2.24, 2.45) is 11.3 Å². The second-order valence-corrected chi connectivity index (χ2v) is 6.42. The quantitative estimate of drug-likeness (QED) is 0.607. The highest BCUT2D eigenvalue weighted by Crippen LogP contribution is 2.33. The molecule has 1 aliphatic carbocycles. The van der Waals surface area contributed by atoms with Crippen LogP contribution in [0.2, 0.25) is 0 Å². The molecule has 0 aromatic rings. The lowest BCUT2D eigenvalue weighted by atomic mass is 9.81. The van der Waals surface area contributed by atoms with Crippen LogP contribution in [0, 0.1) is 11.3 Å². The van der Waals surface area contributed by atoms with Crippen LogP contribution < -0.4 is 0 Å². The van der Waals surface area contributed by atoms with Gasteiger partial charge in [-0.15, -0.1) is 0 Å². The van der Waals surface area contributed by atoms with E-state index >= 15 is 0 Å². The van der Waals surface area contributed by atoms with E-state index in [1.54, 1.807) is 33.8 Å². The molecule has 0 bridgehead atoms. The molecule has 1 unspecified atom stereocenters. The molecule has 3 atom stereocenters. The van der Waals surface area contributed by atoms with Crippen LogP contribution in [0.4, 0.5) is 0 Å². The normalized spacial score (nSPS) is 32.1. The molecule has 0 aromatic heterocycles. The number of carbonyl (C=O) groups excluding carboxylic acids is 1. The zero-order valence-electron chi connectivity index (χ0n) is 12.0. The summed E-state index contributed by atoms with van der Waals surface area (Å²) in [6, 6.07) is 0. The smallest absolute Gasteiger partial charge is 0.311 e. The molecule has 18 heavy (non-hydrogen) atoms. The van der Waals surface area contributed by atoms with E-state index in [9.17, 15) is 9.90 Å². The summed E-state index contributed by atoms with van der Waals surface area (Å²) < 4.78 is 5.47. The predicted octanol–water partition coefficient (Wildman–Crippen LogP) is 2.85. The molecule has 0 fully saturated rings. The van der Waals surface area contributed by atoms with Gasteiger partial charge in [0.15, 0.2) is 0 Å². The zero-order valence-corrected chi connectivity index (χ0v) is 12.0. The van der Waals surface area contributed by atoms with E-state index in [-0.39, 0.29) is 11.9 Å². The molecule has 0 saturated carbocycles. The van der Waals surface area contributed by atoms with Gasteiger partial charge in [-0.2, -0.15) is 0 Å². The van der Waals surface area contributed by atoms with Gasteiger partial charge in [0.1, 0.15) is 11.7 Å². The van der Waals surface area contributed by atoms with Gasteiger partial charge >= 0.3 is 5.97 Å². The van der Waals surface area contributed by atoms with E-state index in [4.69, 9.17) is 4.74 Å². The molecule has 0 radical (unpaired) electrons.